The molecule has 0 radical (unpaired) electrons. The van der Waals surface area contributed by atoms with E-state index in [2.05, 4.69) is 10.4 Å². The van der Waals surface area contributed by atoms with E-state index in [1.54, 1.807) is 12.4 Å². The molecule has 0 spiro atoms. The van der Waals surface area contributed by atoms with Gasteiger partial charge in [-0.1, -0.05) is 29.8 Å². The van der Waals surface area contributed by atoms with E-state index in [0.717, 1.165) is 21.7 Å². The van der Waals surface area contributed by atoms with Crippen LogP contribution in [0, 0.1) is 6.92 Å². The summed E-state index contributed by atoms with van der Waals surface area (Å²) in [6, 6.07) is 9.58. The van der Waals surface area contributed by atoms with Crippen molar-refractivity contribution < 1.29 is 0 Å². The van der Waals surface area contributed by atoms with Crippen LogP contribution in [-0.2, 0) is 0 Å². The SMILES string of the molecule is Cc1c(Cl)cccc1C(NN)c1cccnc1. The molecule has 2 aromatic rings. The number of nitrogens with two attached hydrogens (primary N) is 1. The van der Waals surface area contributed by atoms with Crippen LogP contribution in [-0.4, -0.2) is 4.98 Å². The minimum Gasteiger partial charge on any atom is -0.271 e. The van der Waals surface area contributed by atoms with Crippen LogP contribution >= 0.6 is 11.6 Å². The Labute approximate surface area is 106 Å². The minimum atomic E-state index is -0.0950. The fraction of sp³-hybridized carbons (Fsp3) is 0.154. The first-order chi connectivity index (χ1) is 8.24. The quantitative estimate of drug-likeness (QED) is 0.648. The van der Waals surface area contributed by atoms with E-state index in [4.69, 9.17) is 17.4 Å². The summed E-state index contributed by atoms with van der Waals surface area (Å²) in [6.45, 7) is 1.98. The summed E-state index contributed by atoms with van der Waals surface area (Å²) in [5, 5.41) is 0.742. The Morgan fingerprint density at radius 2 is 2.12 bits per heavy atom. The number of aromatic nitrogens is 1. The lowest BCUT2D eigenvalue weighted by Gasteiger charge is -2.19. The van der Waals surface area contributed by atoms with Crippen molar-refractivity contribution in [2.45, 2.75) is 13.0 Å². The van der Waals surface area contributed by atoms with Gasteiger partial charge in [0, 0.05) is 17.4 Å². The van der Waals surface area contributed by atoms with Crippen LogP contribution in [0.1, 0.15) is 22.7 Å². The molecule has 1 aromatic heterocycles. The van der Waals surface area contributed by atoms with Gasteiger partial charge in [-0.2, -0.15) is 0 Å². The third-order valence-electron chi connectivity index (χ3n) is 2.81. The Morgan fingerprint density at radius 1 is 1.29 bits per heavy atom. The first-order valence-corrected chi connectivity index (χ1v) is 5.73. The zero-order valence-corrected chi connectivity index (χ0v) is 10.3. The van der Waals surface area contributed by atoms with Crippen LogP contribution in [0.25, 0.3) is 0 Å². The molecule has 0 bridgehead atoms. The van der Waals surface area contributed by atoms with Gasteiger partial charge in [-0.25, -0.2) is 5.43 Å². The van der Waals surface area contributed by atoms with Crippen LogP contribution in [0.5, 0.6) is 0 Å². The van der Waals surface area contributed by atoms with Gasteiger partial charge < -0.3 is 0 Å². The summed E-state index contributed by atoms with van der Waals surface area (Å²) in [7, 11) is 0. The molecule has 0 amide bonds. The smallest absolute Gasteiger partial charge is 0.0728 e. The summed E-state index contributed by atoms with van der Waals surface area (Å²) in [5.41, 5.74) is 5.91. The number of rotatable bonds is 3. The van der Waals surface area contributed by atoms with E-state index in [1.165, 1.54) is 0 Å². The maximum atomic E-state index is 6.12. The molecule has 1 atom stereocenters. The zero-order valence-electron chi connectivity index (χ0n) is 9.52. The molecular weight excluding hydrogens is 234 g/mol. The second kappa shape index (κ2) is 5.27. The predicted octanol–water partition coefficient (Wildman–Crippen LogP) is 2.60. The second-order valence-corrected chi connectivity index (χ2v) is 4.25. The van der Waals surface area contributed by atoms with Crippen molar-refractivity contribution >= 4 is 11.6 Å². The number of hydrazine groups is 1. The highest BCUT2D eigenvalue weighted by atomic mass is 35.5. The number of nitrogens with one attached hydrogen (secondary N) is 1. The van der Waals surface area contributed by atoms with Crippen molar-refractivity contribution in [3.63, 3.8) is 0 Å². The fourth-order valence-corrected chi connectivity index (χ4v) is 2.03. The number of nitrogens with zero attached hydrogens (tertiary/aromatic N) is 1. The normalized spacial score (nSPS) is 12.4. The first-order valence-electron chi connectivity index (χ1n) is 5.35. The Bertz CT molecular complexity index is 499. The average molecular weight is 248 g/mol. The Kier molecular flexibility index (Phi) is 3.74. The van der Waals surface area contributed by atoms with Crippen molar-refractivity contribution in [2.24, 2.45) is 5.84 Å². The van der Waals surface area contributed by atoms with E-state index >= 15 is 0 Å². The molecule has 0 aliphatic heterocycles. The van der Waals surface area contributed by atoms with Gasteiger partial charge in [0.1, 0.15) is 0 Å². The second-order valence-electron chi connectivity index (χ2n) is 3.84. The highest BCUT2D eigenvalue weighted by molar-refractivity contribution is 6.31. The number of halogens is 1. The van der Waals surface area contributed by atoms with Crippen LogP contribution < -0.4 is 11.3 Å². The van der Waals surface area contributed by atoms with Gasteiger partial charge in [0.15, 0.2) is 0 Å². The van der Waals surface area contributed by atoms with Gasteiger partial charge in [-0.3, -0.25) is 10.8 Å². The molecular formula is C13H14ClN3. The fourth-order valence-electron chi connectivity index (χ4n) is 1.85. The maximum Gasteiger partial charge on any atom is 0.0728 e. The number of benzene rings is 1. The average Bonchev–Trinajstić information content (AvgIpc) is 2.37. The van der Waals surface area contributed by atoms with E-state index in [0.29, 0.717) is 0 Å². The summed E-state index contributed by atoms with van der Waals surface area (Å²) in [6.07, 6.45) is 3.53. The molecule has 3 N–H and O–H groups in total. The van der Waals surface area contributed by atoms with Crippen LogP contribution in [0.3, 0.4) is 0 Å². The molecule has 4 heteroatoms. The summed E-state index contributed by atoms with van der Waals surface area (Å²) in [5.74, 6) is 5.63. The highest BCUT2D eigenvalue weighted by Gasteiger charge is 2.15. The van der Waals surface area contributed by atoms with Gasteiger partial charge >= 0.3 is 0 Å². The van der Waals surface area contributed by atoms with Gasteiger partial charge in [0.25, 0.3) is 0 Å². The standard InChI is InChI=1S/C13H14ClN3/c1-9-11(5-2-6-12(9)14)13(17-15)10-4-3-7-16-8-10/h2-8,13,17H,15H2,1H3. The molecule has 0 aliphatic carbocycles. The van der Waals surface area contributed by atoms with Crippen molar-refractivity contribution in [3.05, 3.63) is 64.4 Å². The molecule has 1 aromatic carbocycles. The topological polar surface area (TPSA) is 50.9 Å². The predicted molar refractivity (Wildman–Crippen MR) is 69.6 cm³/mol. The third kappa shape index (κ3) is 2.47. The molecule has 3 nitrogen and oxygen atoms in total. The van der Waals surface area contributed by atoms with E-state index in [-0.39, 0.29) is 6.04 Å². The van der Waals surface area contributed by atoms with E-state index in [9.17, 15) is 0 Å². The zero-order chi connectivity index (χ0) is 12.3. The van der Waals surface area contributed by atoms with Crippen molar-refractivity contribution in [2.75, 3.05) is 0 Å². The van der Waals surface area contributed by atoms with Gasteiger partial charge in [-0.05, 0) is 35.7 Å². The summed E-state index contributed by atoms with van der Waals surface area (Å²) in [4.78, 5) is 4.10. The van der Waals surface area contributed by atoms with Gasteiger partial charge in [0.05, 0.1) is 6.04 Å². The van der Waals surface area contributed by atoms with E-state index < -0.39 is 0 Å². The monoisotopic (exact) mass is 247 g/mol. The lowest BCUT2D eigenvalue weighted by Crippen LogP contribution is -2.29. The van der Waals surface area contributed by atoms with Crippen molar-refractivity contribution in [1.82, 2.24) is 10.4 Å². The first kappa shape index (κ1) is 12.0. The van der Waals surface area contributed by atoms with Crippen molar-refractivity contribution in [3.8, 4) is 0 Å². The van der Waals surface area contributed by atoms with E-state index in [1.807, 2.05) is 37.3 Å². The molecule has 88 valence electrons. The van der Waals surface area contributed by atoms with Crippen LogP contribution in [0.4, 0.5) is 0 Å². The third-order valence-corrected chi connectivity index (χ3v) is 3.21. The molecule has 0 fully saturated rings. The Morgan fingerprint density at radius 3 is 2.76 bits per heavy atom. The largest absolute Gasteiger partial charge is 0.271 e. The number of pyridine rings is 1. The minimum absolute atomic E-state index is 0.0950. The van der Waals surface area contributed by atoms with Gasteiger partial charge in [-0.15, -0.1) is 0 Å². The van der Waals surface area contributed by atoms with Crippen molar-refractivity contribution in [1.29, 1.82) is 0 Å². The molecule has 0 aliphatic rings. The molecule has 17 heavy (non-hydrogen) atoms. The summed E-state index contributed by atoms with van der Waals surface area (Å²) >= 11 is 6.12. The molecule has 1 heterocycles. The Balaban J connectivity index is 2.46. The van der Waals surface area contributed by atoms with Crippen LogP contribution in [0.15, 0.2) is 42.7 Å². The maximum absolute atomic E-state index is 6.12. The highest BCUT2D eigenvalue weighted by Crippen LogP contribution is 2.27. The van der Waals surface area contributed by atoms with Crippen LogP contribution in [0.2, 0.25) is 5.02 Å². The molecule has 0 saturated carbocycles. The number of hydrogen-bond donors (Lipinski definition) is 2. The molecule has 0 saturated heterocycles. The number of hydrogen-bond acceptors (Lipinski definition) is 3. The Hall–Kier alpha value is -1.42. The van der Waals surface area contributed by atoms with Gasteiger partial charge in [0.2, 0.25) is 0 Å². The lowest BCUT2D eigenvalue weighted by molar-refractivity contribution is 0.631. The molecule has 1 unspecified atom stereocenters. The summed E-state index contributed by atoms with van der Waals surface area (Å²) < 4.78 is 0. The lowest BCUT2D eigenvalue weighted by atomic mass is 9.97. The molecule has 2 rings (SSSR count).